The van der Waals surface area contributed by atoms with Gasteiger partial charge in [0.05, 0.1) is 35.3 Å². The molecule has 1 amide bonds. The molecule has 1 aliphatic rings. The van der Waals surface area contributed by atoms with Gasteiger partial charge in [-0.1, -0.05) is 6.82 Å². The molecule has 0 radical (unpaired) electrons. The summed E-state index contributed by atoms with van der Waals surface area (Å²) in [7, 11) is 1.94. The SMILES string of the molecule is CCOC(=O)c1cc(C)[nH]c1/C=C1\C(=O)Nc2cnc(N(C)CCCOCCB(C)C#N)cc21. The van der Waals surface area contributed by atoms with Crippen molar-refractivity contribution in [3.05, 3.63) is 40.8 Å². The highest BCUT2D eigenvalue weighted by atomic mass is 16.5. The van der Waals surface area contributed by atoms with Gasteiger partial charge in [0.2, 0.25) is 0 Å². The van der Waals surface area contributed by atoms with Crippen LogP contribution in [0.3, 0.4) is 0 Å². The number of nitrogens with zero attached hydrogens (tertiary/aromatic N) is 3. The number of aryl methyl sites for hydroxylation is 1. The van der Waals surface area contributed by atoms with Crippen LogP contribution in [0.25, 0.3) is 11.6 Å². The molecule has 178 valence electrons. The minimum Gasteiger partial charge on any atom is -0.462 e. The smallest absolute Gasteiger partial charge is 0.340 e. The van der Waals surface area contributed by atoms with E-state index in [0.29, 0.717) is 35.7 Å². The van der Waals surface area contributed by atoms with Crippen molar-refractivity contribution in [2.24, 2.45) is 0 Å². The van der Waals surface area contributed by atoms with Gasteiger partial charge in [-0.2, -0.15) is 0 Å². The van der Waals surface area contributed by atoms with Crippen molar-refractivity contribution in [2.45, 2.75) is 33.4 Å². The quantitative estimate of drug-likeness (QED) is 0.227. The Morgan fingerprint density at radius 3 is 2.88 bits per heavy atom. The number of rotatable bonds is 11. The molecular formula is C24H30BN5O4. The Hall–Kier alpha value is -3.58. The van der Waals surface area contributed by atoms with E-state index in [-0.39, 0.29) is 19.2 Å². The number of carbonyl (C=O) groups excluding carboxylic acids is 2. The summed E-state index contributed by atoms with van der Waals surface area (Å²) in [4.78, 5) is 34.6. The van der Waals surface area contributed by atoms with Gasteiger partial charge in [-0.15, -0.1) is 0 Å². The number of fused-ring (bicyclic) bond motifs is 1. The van der Waals surface area contributed by atoms with Gasteiger partial charge in [0.1, 0.15) is 5.82 Å². The summed E-state index contributed by atoms with van der Waals surface area (Å²) in [6.45, 7) is 7.65. The van der Waals surface area contributed by atoms with Gasteiger partial charge in [-0.25, -0.2) is 15.0 Å². The van der Waals surface area contributed by atoms with Crippen LogP contribution in [0, 0.1) is 18.2 Å². The maximum Gasteiger partial charge on any atom is 0.340 e. The van der Waals surface area contributed by atoms with Crippen LogP contribution in [0.4, 0.5) is 11.5 Å². The largest absolute Gasteiger partial charge is 0.462 e. The van der Waals surface area contributed by atoms with Crippen LogP contribution < -0.4 is 10.2 Å². The molecule has 0 saturated carbocycles. The lowest BCUT2D eigenvalue weighted by molar-refractivity contribution is -0.110. The highest BCUT2D eigenvalue weighted by Gasteiger charge is 2.27. The van der Waals surface area contributed by atoms with Gasteiger partial charge in [0, 0.05) is 44.0 Å². The Morgan fingerprint density at radius 2 is 2.15 bits per heavy atom. The molecule has 10 heteroatoms. The van der Waals surface area contributed by atoms with Crippen molar-refractivity contribution in [2.75, 3.05) is 43.6 Å². The topological polar surface area (TPSA) is 120 Å². The third kappa shape index (κ3) is 6.05. The molecule has 0 spiro atoms. The van der Waals surface area contributed by atoms with Gasteiger partial charge in [-0.05, 0) is 44.8 Å². The van der Waals surface area contributed by atoms with Crippen LogP contribution in [0.1, 0.15) is 40.7 Å². The molecule has 0 fully saturated rings. The Kier molecular flexibility index (Phi) is 8.49. The number of amides is 1. The van der Waals surface area contributed by atoms with Crippen LogP contribution in [-0.2, 0) is 14.3 Å². The van der Waals surface area contributed by atoms with E-state index in [9.17, 15) is 9.59 Å². The fourth-order valence-corrected chi connectivity index (χ4v) is 3.62. The number of anilines is 2. The zero-order chi connectivity index (χ0) is 24.7. The van der Waals surface area contributed by atoms with Crippen molar-refractivity contribution in [3.8, 4) is 5.97 Å². The van der Waals surface area contributed by atoms with E-state index in [2.05, 4.69) is 21.3 Å². The number of ether oxygens (including phenoxy) is 2. The zero-order valence-corrected chi connectivity index (χ0v) is 20.1. The first-order valence-corrected chi connectivity index (χ1v) is 11.4. The molecule has 1 aliphatic heterocycles. The zero-order valence-electron chi connectivity index (χ0n) is 20.1. The molecule has 0 saturated heterocycles. The number of aromatic nitrogens is 2. The highest BCUT2D eigenvalue weighted by Crippen LogP contribution is 2.35. The first-order chi connectivity index (χ1) is 16.3. The number of aromatic amines is 1. The molecule has 3 heterocycles. The minimum atomic E-state index is -0.434. The van der Waals surface area contributed by atoms with Crippen LogP contribution >= 0.6 is 0 Å². The number of hydrogen-bond acceptors (Lipinski definition) is 7. The van der Waals surface area contributed by atoms with Gasteiger partial charge < -0.3 is 24.7 Å². The maximum atomic E-state index is 12.7. The Bertz CT molecular complexity index is 1120. The van der Waals surface area contributed by atoms with E-state index in [1.54, 1.807) is 25.3 Å². The van der Waals surface area contributed by atoms with E-state index in [0.717, 1.165) is 36.4 Å². The lowest BCUT2D eigenvalue weighted by Gasteiger charge is -2.18. The van der Waals surface area contributed by atoms with Crippen molar-refractivity contribution < 1.29 is 19.1 Å². The lowest BCUT2D eigenvalue weighted by atomic mass is 9.52. The summed E-state index contributed by atoms with van der Waals surface area (Å²) in [5, 5.41) is 11.6. The minimum absolute atomic E-state index is 0.000112. The number of H-pyrrole nitrogens is 1. The Morgan fingerprint density at radius 1 is 1.35 bits per heavy atom. The highest BCUT2D eigenvalue weighted by molar-refractivity contribution is 6.65. The summed E-state index contributed by atoms with van der Waals surface area (Å²) in [5.74, 6) is 2.24. The number of nitriles is 1. The molecule has 3 rings (SSSR count). The summed E-state index contributed by atoms with van der Waals surface area (Å²) in [5.41, 5.74) is 3.53. The first kappa shape index (κ1) is 25.1. The van der Waals surface area contributed by atoms with Crippen molar-refractivity contribution in [3.63, 3.8) is 0 Å². The normalized spacial score (nSPS) is 13.4. The summed E-state index contributed by atoms with van der Waals surface area (Å²) < 4.78 is 10.8. The molecular weight excluding hydrogens is 433 g/mol. The van der Waals surface area contributed by atoms with Crippen LogP contribution in [0.2, 0.25) is 13.1 Å². The molecule has 2 aromatic heterocycles. The monoisotopic (exact) mass is 463 g/mol. The lowest BCUT2D eigenvalue weighted by Crippen LogP contribution is -2.21. The van der Waals surface area contributed by atoms with E-state index < -0.39 is 5.97 Å². The van der Waals surface area contributed by atoms with Crippen LogP contribution in [0.5, 0.6) is 0 Å². The average Bonchev–Trinajstić information content (AvgIpc) is 3.34. The Labute approximate surface area is 200 Å². The second kappa shape index (κ2) is 11.5. The van der Waals surface area contributed by atoms with Crippen LogP contribution in [0.15, 0.2) is 18.3 Å². The predicted molar refractivity (Wildman–Crippen MR) is 133 cm³/mol. The molecule has 0 atom stereocenters. The first-order valence-electron chi connectivity index (χ1n) is 11.4. The standard InChI is InChI=1S/C24H30BN5O4/c1-5-34-24(32)19-11-16(2)28-20(19)12-18-17-13-22(27-14-21(17)29-23(18)31)30(4)8-6-9-33-10-7-25(3)15-26/h11-14,28H,5-10H2,1-4H3,(H,29,31)/b18-12-. The average molecular weight is 463 g/mol. The summed E-state index contributed by atoms with van der Waals surface area (Å²) in [6.07, 6.45) is 4.86. The molecule has 9 nitrogen and oxygen atoms in total. The number of esters is 1. The molecule has 0 aromatic carbocycles. The van der Waals surface area contributed by atoms with Crippen molar-refractivity contribution >= 4 is 41.7 Å². The molecule has 0 aliphatic carbocycles. The Balaban J connectivity index is 1.71. The number of carbonyl (C=O) groups is 2. The summed E-state index contributed by atoms with van der Waals surface area (Å²) in [6, 6.07) is 3.58. The van der Waals surface area contributed by atoms with Crippen molar-refractivity contribution in [1.82, 2.24) is 9.97 Å². The molecule has 2 aromatic rings. The van der Waals surface area contributed by atoms with E-state index in [1.807, 2.05) is 31.8 Å². The molecule has 0 unspecified atom stereocenters. The third-order valence-electron chi connectivity index (χ3n) is 5.53. The fraction of sp³-hybridized carbons (Fsp3) is 0.417. The molecule has 0 bridgehead atoms. The van der Waals surface area contributed by atoms with Crippen molar-refractivity contribution in [1.29, 1.82) is 5.26 Å². The third-order valence-corrected chi connectivity index (χ3v) is 5.53. The van der Waals surface area contributed by atoms with Gasteiger partial charge in [0.15, 0.2) is 0 Å². The van der Waals surface area contributed by atoms with E-state index in [1.165, 1.54) is 0 Å². The number of hydrogen-bond donors (Lipinski definition) is 2. The van der Waals surface area contributed by atoms with E-state index in [4.69, 9.17) is 14.7 Å². The van der Waals surface area contributed by atoms with E-state index >= 15 is 0 Å². The molecule has 2 N–H and O–H groups in total. The van der Waals surface area contributed by atoms with Gasteiger partial charge >= 0.3 is 5.97 Å². The second-order valence-corrected chi connectivity index (χ2v) is 8.31. The second-order valence-electron chi connectivity index (χ2n) is 8.31. The van der Waals surface area contributed by atoms with Gasteiger partial charge in [0.25, 0.3) is 12.6 Å². The number of pyridine rings is 1. The fourth-order valence-electron chi connectivity index (χ4n) is 3.62. The summed E-state index contributed by atoms with van der Waals surface area (Å²) >= 11 is 0. The predicted octanol–water partition coefficient (Wildman–Crippen LogP) is 3.42. The molecule has 34 heavy (non-hydrogen) atoms. The number of nitrogens with one attached hydrogen (secondary N) is 2. The maximum absolute atomic E-state index is 12.7. The van der Waals surface area contributed by atoms with Crippen LogP contribution in [-0.4, -0.2) is 62.0 Å². The van der Waals surface area contributed by atoms with Gasteiger partial charge in [-0.3, -0.25) is 4.79 Å².